The third-order valence-electron chi connectivity index (χ3n) is 2.79. The van der Waals surface area contributed by atoms with E-state index in [2.05, 4.69) is 15.3 Å². The molecule has 0 unspecified atom stereocenters. The minimum absolute atomic E-state index is 0.0602. The topological polar surface area (TPSA) is 80.0 Å². The van der Waals surface area contributed by atoms with Crippen LogP contribution in [0.3, 0.4) is 0 Å². The number of aromatic carboxylic acids is 1. The van der Waals surface area contributed by atoms with Gasteiger partial charge in [-0.3, -0.25) is 0 Å². The van der Waals surface area contributed by atoms with E-state index in [1.165, 1.54) is 12.5 Å². The van der Waals surface area contributed by atoms with Gasteiger partial charge in [0.05, 0.1) is 16.5 Å². The van der Waals surface area contributed by atoms with Crippen molar-refractivity contribution in [3.63, 3.8) is 0 Å². The van der Waals surface area contributed by atoms with Crippen molar-refractivity contribution >= 4 is 32.7 Å². The van der Waals surface area contributed by atoms with Crippen LogP contribution in [-0.4, -0.2) is 32.2 Å². The van der Waals surface area contributed by atoms with Gasteiger partial charge < -0.3 is 15.0 Å². The Bertz CT molecular complexity index is 717. The predicted octanol–water partition coefficient (Wildman–Crippen LogP) is 2.30. The Morgan fingerprint density at radius 1 is 1.40 bits per heavy atom. The minimum Gasteiger partial charge on any atom is -0.476 e. The SMILES string of the molecule is O=C(O)c1cn(CCNc2nc3ccccc3s2)cn1. The molecule has 7 heteroatoms. The summed E-state index contributed by atoms with van der Waals surface area (Å²) in [7, 11) is 0. The zero-order chi connectivity index (χ0) is 13.9. The Morgan fingerprint density at radius 2 is 2.25 bits per heavy atom. The zero-order valence-electron chi connectivity index (χ0n) is 10.5. The van der Waals surface area contributed by atoms with Crippen LogP contribution in [-0.2, 0) is 6.54 Å². The molecule has 0 aliphatic carbocycles. The molecular weight excluding hydrogens is 276 g/mol. The van der Waals surface area contributed by atoms with Crippen molar-refractivity contribution in [3.8, 4) is 0 Å². The van der Waals surface area contributed by atoms with E-state index >= 15 is 0 Å². The van der Waals surface area contributed by atoms with Crippen molar-refractivity contribution < 1.29 is 9.90 Å². The highest BCUT2D eigenvalue weighted by molar-refractivity contribution is 7.22. The van der Waals surface area contributed by atoms with Gasteiger partial charge in [0.1, 0.15) is 0 Å². The summed E-state index contributed by atoms with van der Waals surface area (Å²) in [4.78, 5) is 19.0. The molecule has 2 heterocycles. The maximum Gasteiger partial charge on any atom is 0.356 e. The summed E-state index contributed by atoms with van der Waals surface area (Å²) in [6.07, 6.45) is 3.03. The monoisotopic (exact) mass is 288 g/mol. The van der Waals surface area contributed by atoms with E-state index in [-0.39, 0.29) is 5.69 Å². The first-order chi connectivity index (χ1) is 9.72. The van der Waals surface area contributed by atoms with Crippen LogP contribution >= 0.6 is 11.3 Å². The number of aromatic nitrogens is 3. The van der Waals surface area contributed by atoms with E-state index < -0.39 is 5.97 Å². The molecule has 3 rings (SSSR count). The molecule has 1 aromatic carbocycles. The largest absolute Gasteiger partial charge is 0.476 e. The van der Waals surface area contributed by atoms with Crippen molar-refractivity contribution in [1.29, 1.82) is 0 Å². The van der Waals surface area contributed by atoms with Crippen molar-refractivity contribution in [2.45, 2.75) is 6.54 Å². The van der Waals surface area contributed by atoms with Gasteiger partial charge in [-0.25, -0.2) is 14.8 Å². The van der Waals surface area contributed by atoms with Crippen LogP contribution in [0.15, 0.2) is 36.8 Å². The number of hydrogen-bond donors (Lipinski definition) is 2. The molecule has 0 saturated carbocycles. The molecule has 0 spiro atoms. The van der Waals surface area contributed by atoms with Crippen molar-refractivity contribution in [3.05, 3.63) is 42.5 Å². The average molecular weight is 288 g/mol. The summed E-state index contributed by atoms with van der Waals surface area (Å²) in [5.41, 5.74) is 1.04. The summed E-state index contributed by atoms with van der Waals surface area (Å²) in [5, 5.41) is 12.9. The van der Waals surface area contributed by atoms with Gasteiger partial charge in [0.2, 0.25) is 0 Å². The van der Waals surface area contributed by atoms with Crippen LogP contribution in [0.4, 0.5) is 5.13 Å². The van der Waals surface area contributed by atoms with E-state index in [9.17, 15) is 4.79 Å². The van der Waals surface area contributed by atoms with Gasteiger partial charge >= 0.3 is 5.97 Å². The van der Waals surface area contributed by atoms with Gasteiger partial charge in [0.15, 0.2) is 10.8 Å². The Morgan fingerprint density at radius 3 is 3.00 bits per heavy atom. The molecule has 0 saturated heterocycles. The Balaban J connectivity index is 1.60. The first-order valence-electron chi connectivity index (χ1n) is 6.07. The lowest BCUT2D eigenvalue weighted by molar-refractivity contribution is 0.0691. The predicted molar refractivity (Wildman–Crippen MR) is 77.3 cm³/mol. The normalized spacial score (nSPS) is 10.8. The molecule has 2 aromatic heterocycles. The maximum atomic E-state index is 10.7. The molecule has 0 aliphatic heterocycles. The average Bonchev–Trinajstić information content (AvgIpc) is 3.04. The number of carboxylic acids is 1. The van der Waals surface area contributed by atoms with E-state index in [4.69, 9.17) is 5.11 Å². The number of anilines is 1. The number of thiazole rings is 1. The molecule has 0 bridgehead atoms. The first kappa shape index (κ1) is 12.6. The van der Waals surface area contributed by atoms with Gasteiger partial charge in [0.25, 0.3) is 0 Å². The summed E-state index contributed by atoms with van der Waals surface area (Å²) in [5.74, 6) is -1.01. The quantitative estimate of drug-likeness (QED) is 0.753. The molecule has 2 N–H and O–H groups in total. The molecule has 3 aromatic rings. The van der Waals surface area contributed by atoms with E-state index in [1.54, 1.807) is 15.9 Å². The van der Waals surface area contributed by atoms with Crippen molar-refractivity contribution in [1.82, 2.24) is 14.5 Å². The first-order valence-corrected chi connectivity index (χ1v) is 6.88. The highest BCUT2D eigenvalue weighted by Crippen LogP contribution is 2.24. The number of nitrogens with zero attached hydrogens (tertiary/aromatic N) is 3. The number of carboxylic acid groups (broad SMARTS) is 1. The number of para-hydroxylation sites is 1. The second kappa shape index (κ2) is 5.30. The van der Waals surface area contributed by atoms with Crippen molar-refractivity contribution in [2.75, 3.05) is 11.9 Å². The number of nitrogens with one attached hydrogen (secondary N) is 1. The van der Waals surface area contributed by atoms with Gasteiger partial charge in [-0.2, -0.15) is 0 Å². The van der Waals surface area contributed by atoms with E-state index in [0.29, 0.717) is 13.1 Å². The van der Waals surface area contributed by atoms with Crippen molar-refractivity contribution in [2.24, 2.45) is 0 Å². The number of carbonyl (C=O) groups is 1. The fourth-order valence-electron chi connectivity index (χ4n) is 1.83. The zero-order valence-corrected chi connectivity index (χ0v) is 11.3. The molecule has 0 atom stereocenters. The summed E-state index contributed by atoms with van der Waals surface area (Å²) in [6.45, 7) is 1.30. The Labute approximate surface area is 118 Å². The van der Waals surface area contributed by atoms with Gasteiger partial charge in [-0.15, -0.1) is 0 Å². The number of benzene rings is 1. The second-order valence-corrected chi connectivity index (χ2v) is 5.25. The smallest absolute Gasteiger partial charge is 0.356 e. The molecule has 6 nitrogen and oxygen atoms in total. The van der Waals surface area contributed by atoms with Crippen LogP contribution in [0.2, 0.25) is 0 Å². The lowest BCUT2D eigenvalue weighted by atomic mass is 10.3. The molecule has 20 heavy (non-hydrogen) atoms. The number of imidazole rings is 1. The summed E-state index contributed by atoms with van der Waals surface area (Å²) < 4.78 is 2.88. The molecule has 102 valence electrons. The molecule has 0 amide bonds. The molecule has 0 radical (unpaired) electrons. The fourth-order valence-corrected chi connectivity index (χ4v) is 2.72. The second-order valence-electron chi connectivity index (χ2n) is 4.22. The third kappa shape index (κ3) is 2.62. The minimum atomic E-state index is -1.01. The van der Waals surface area contributed by atoms with E-state index in [0.717, 1.165) is 15.3 Å². The van der Waals surface area contributed by atoms with Crippen LogP contribution in [0.25, 0.3) is 10.2 Å². The summed E-state index contributed by atoms with van der Waals surface area (Å²) in [6, 6.07) is 7.97. The maximum absolute atomic E-state index is 10.7. The van der Waals surface area contributed by atoms with Crippen LogP contribution in [0.1, 0.15) is 10.5 Å². The standard InChI is InChI=1S/C13H12N4O2S/c18-12(19)10-7-17(8-15-10)6-5-14-13-16-9-3-1-2-4-11(9)20-13/h1-4,7-8H,5-6H2,(H,14,16)(H,18,19). The van der Waals surface area contributed by atoms with Crippen LogP contribution in [0, 0.1) is 0 Å². The highest BCUT2D eigenvalue weighted by atomic mass is 32.1. The molecule has 0 aliphatic rings. The fraction of sp³-hybridized carbons (Fsp3) is 0.154. The Hall–Kier alpha value is -2.41. The highest BCUT2D eigenvalue weighted by Gasteiger charge is 2.06. The van der Waals surface area contributed by atoms with Crippen LogP contribution < -0.4 is 5.32 Å². The number of fused-ring (bicyclic) bond motifs is 1. The molecular formula is C13H12N4O2S. The lowest BCUT2D eigenvalue weighted by Gasteiger charge is -2.02. The van der Waals surface area contributed by atoms with Gasteiger partial charge in [-0.05, 0) is 12.1 Å². The van der Waals surface area contributed by atoms with Gasteiger partial charge in [-0.1, -0.05) is 23.5 Å². The van der Waals surface area contributed by atoms with E-state index in [1.807, 2.05) is 24.3 Å². The van der Waals surface area contributed by atoms with Crippen LogP contribution in [0.5, 0.6) is 0 Å². The Kier molecular flexibility index (Phi) is 3.34. The lowest BCUT2D eigenvalue weighted by Crippen LogP contribution is -2.09. The van der Waals surface area contributed by atoms with Gasteiger partial charge in [0, 0.05) is 19.3 Å². The number of rotatable bonds is 5. The number of hydrogen-bond acceptors (Lipinski definition) is 5. The third-order valence-corrected chi connectivity index (χ3v) is 3.79. The summed E-state index contributed by atoms with van der Waals surface area (Å²) >= 11 is 1.60. The molecule has 0 fully saturated rings.